The molecule has 0 radical (unpaired) electrons. The molecule has 82 valence electrons. The number of nitrogens with two attached hydrogens (primary N) is 1. The molecule has 1 fully saturated rings. The van der Waals surface area contributed by atoms with Crippen LogP contribution in [-0.2, 0) is 0 Å². The van der Waals surface area contributed by atoms with Crippen LogP contribution in [0.15, 0.2) is 24.3 Å². The molecule has 1 aromatic rings. The van der Waals surface area contributed by atoms with Gasteiger partial charge in [-0.2, -0.15) is 0 Å². The van der Waals surface area contributed by atoms with Gasteiger partial charge in [0.25, 0.3) is 0 Å². The minimum atomic E-state index is 0.0185. The summed E-state index contributed by atoms with van der Waals surface area (Å²) in [5.41, 5.74) is 6.91. The van der Waals surface area contributed by atoms with E-state index in [0.717, 1.165) is 10.7 Å². The molecule has 3 heteroatoms. The van der Waals surface area contributed by atoms with E-state index in [9.17, 15) is 0 Å². The predicted octanol–water partition coefficient (Wildman–Crippen LogP) is 2.88. The monoisotopic (exact) mass is 224 g/mol. The van der Waals surface area contributed by atoms with Crippen molar-refractivity contribution in [1.82, 2.24) is 0 Å². The second-order valence-electron chi connectivity index (χ2n) is 4.53. The fourth-order valence-electron chi connectivity index (χ4n) is 1.94. The molecule has 1 aromatic carbocycles. The van der Waals surface area contributed by atoms with Crippen molar-refractivity contribution in [3.8, 4) is 0 Å². The summed E-state index contributed by atoms with van der Waals surface area (Å²) in [6, 6.07) is 7.80. The fraction of sp³-hybridized carbons (Fsp3) is 0.500. The summed E-state index contributed by atoms with van der Waals surface area (Å²) in [7, 11) is 0. The first-order valence-electron chi connectivity index (χ1n) is 5.38. The quantitative estimate of drug-likeness (QED) is 0.826. The first kappa shape index (κ1) is 10.8. The summed E-state index contributed by atoms with van der Waals surface area (Å²) in [6.07, 6.45) is 2.56. The Hall–Kier alpha value is -0.730. The molecule has 3 N–H and O–H groups in total. The maximum absolute atomic E-state index is 5.94. The predicted molar refractivity (Wildman–Crippen MR) is 65.3 cm³/mol. The van der Waals surface area contributed by atoms with E-state index < -0.39 is 0 Å². The van der Waals surface area contributed by atoms with Crippen LogP contribution in [0.3, 0.4) is 0 Å². The molecule has 0 bridgehead atoms. The van der Waals surface area contributed by atoms with E-state index >= 15 is 0 Å². The van der Waals surface area contributed by atoms with Crippen LogP contribution < -0.4 is 11.1 Å². The lowest BCUT2D eigenvalue weighted by molar-refractivity contribution is 0.459. The molecule has 2 rings (SSSR count). The number of hydrogen-bond donors (Lipinski definition) is 2. The molecule has 1 saturated carbocycles. The summed E-state index contributed by atoms with van der Waals surface area (Å²) < 4.78 is 0. The zero-order valence-corrected chi connectivity index (χ0v) is 9.72. The van der Waals surface area contributed by atoms with Crippen LogP contribution in [0.4, 0.5) is 5.69 Å². The first-order chi connectivity index (χ1) is 7.14. The van der Waals surface area contributed by atoms with Crippen LogP contribution >= 0.6 is 11.6 Å². The van der Waals surface area contributed by atoms with E-state index in [-0.39, 0.29) is 5.54 Å². The molecule has 1 aliphatic rings. The van der Waals surface area contributed by atoms with Gasteiger partial charge in [0.05, 0.1) is 0 Å². The first-order valence-corrected chi connectivity index (χ1v) is 5.76. The molecule has 1 unspecified atom stereocenters. The zero-order chi connectivity index (χ0) is 10.9. The average molecular weight is 225 g/mol. The second-order valence-corrected chi connectivity index (χ2v) is 4.97. The van der Waals surface area contributed by atoms with Gasteiger partial charge in [-0.3, -0.25) is 0 Å². The van der Waals surface area contributed by atoms with Crippen molar-refractivity contribution in [2.45, 2.75) is 25.3 Å². The summed E-state index contributed by atoms with van der Waals surface area (Å²) in [5.74, 6) is 0.710. The van der Waals surface area contributed by atoms with Crippen molar-refractivity contribution in [3.05, 3.63) is 29.3 Å². The van der Waals surface area contributed by atoms with Gasteiger partial charge in [-0.25, -0.2) is 0 Å². The molecule has 1 atom stereocenters. The topological polar surface area (TPSA) is 38.0 Å². The molecule has 0 heterocycles. The maximum Gasteiger partial charge on any atom is 0.0495 e. The zero-order valence-electron chi connectivity index (χ0n) is 8.96. The highest BCUT2D eigenvalue weighted by Gasteiger charge is 2.40. The van der Waals surface area contributed by atoms with Gasteiger partial charge >= 0.3 is 0 Å². The third-order valence-electron chi connectivity index (χ3n) is 3.16. The molecular formula is C12H17ClN2. The summed E-state index contributed by atoms with van der Waals surface area (Å²) in [5, 5.41) is 4.26. The van der Waals surface area contributed by atoms with Gasteiger partial charge in [0.15, 0.2) is 0 Å². The molecule has 0 aromatic heterocycles. The van der Waals surface area contributed by atoms with Crippen LogP contribution in [-0.4, -0.2) is 12.1 Å². The summed E-state index contributed by atoms with van der Waals surface area (Å²) >= 11 is 5.94. The Labute approximate surface area is 95.8 Å². The Morgan fingerprint density at radius 3 is 2.80 bits per heavy atom. The van der Waals surface area contributed by atoms with Crippen molar-refractivity contribution in [2.24, 2.45) is 11.7 Å². The van der Waals surface area contributed by atoms with Crippen molar-refractivity contribution < 1.29 is 0 Å². The SMILES string of the molecule is CC(CN)(Nc1cccc(Cl)c1)C1CC1. The standard InChI is InChI=1S/C12H17ClN2/c1-12(8-14,9-5-6-9)15-11-4-2-3-10(13)7-11/h2-4,7,9,15H,5-6,8,14H2,1H3. The highest BCUT2D eigenvalue weighted by molar-refractivity contribution is 6.30. The van der Waals surface area contributed by atoms with Crippen LogP contribution in [0.2, 0.25) is 5.02 Å². The normalized spacial score (nSPS) is 19.7. The lowest BCUT2D eigenvalue weighted by Gasteiger charge is -2.30. The molecular weight excluding hydrogens is 208 g/mol. The largest absolute Gasteiger partial charge is 0.378 e. The summed E-state index contributed by atoms with van der Waals surface area (Å²) in [4.78, 5) is 0. The Balaban J connectivity index is 2.12. The highest BCUT2D eigenvalue weighted by atomic mass is 35.5. The van der Waals surface area contributed by atoms with Crippen molar-refractivity contribution in [2.75, 3.05) is 11.9 Å². The molecule has 1 aliphatic carbocycles. The van der Waals surface area contributed by atoms with E-state index in [2.05, 4.69) is 12.2 Å². The molecule has 0 amide bonds. The van der Waals surface area contributed by atoms with Gasteiger partial charge in [-0.05, 0) is 43.9 Å². The number of benzene rings is 1. The van der Waals surface area contributed by atoms with Crippen LogP contribution in [0.5, 0.6) is 0 Å². The summed E-state index contributed by atoms with van der Waals surface area (Å²) in [6.45, 7) is 2.84. The number of halogens is 1. The Morgan fingerprint density at radius 1 is 1.53 bits per heavy atom. The maximum atomic E-state index is 5.94. The van der Waals surface area contributed by atoms with Gasteiger partial charge in [-0.15, -0.1) is 0 Å². The van der Waals surface area contributed by atoms with Crippen molar-refractivity contribution >= 4 is 17.3 Å². The number of nitrogens with one attached hydrogen (secondary N) is 1. The third kappa shape index (κ3) is 2.44. The van der Waals surface area contributed by atoms with E-state index in [4.69, 9.17) is 17.3 Å². The Morgan fingerprint density at radius 2 is 2.27 bits per heavy atom. The fourth-order valence-corrected chi connectivity index (χ4v) is 2.13. The van der Waals surface area contributed by atoms with E-state index in [1.165, 1.54) is 12.8 Å². The van der Waals surface area contributed by atoms with Gasteiger partial charge in [0.1, 0.15) is 0 Å². The molecule has 0 spiro atoms. The van der Waals surface area contributed by atoms with E-state index in [0.29, 0.717) is 12.5 Å². The van der Waals surface area contributed by atoms with Gasteiger partial charge < -0.3 is 11.1 Å². The van der Waals surface area contributed by atoms with E-state index in [1.807, 2.05) is 24.3 Å². The van der Waals surface area contributed by atoms with Crippen LogP contribution in [0, 0.1) is 5.92 Å². The Bertz CT molecular complexity index is 349. The smallest absolute Gasteiger partial charge is 0.0495 e. The van der Waals surface area contributed by atoms with Crippen LogP contribution in [0.1, 0.15) is 19.8 Å². The number of hydrogen-bond acceptors (Lipinski definition) is 2. The minimum Gasteiger partial charge on any atom is -0.378 e. The molecule has 0 aliphatic heterocycles. The lowest BCUT2D eigenvalue weighted by atomic mass is 9.95. The molecule has 2 nitrogen and oxygen atoms in total. The van der Waals surface area contributed by atoms with Gasteiger partial charge in [0.2, 0.25) is 0 Å². The lowest BCUT2D eigenvalue weighted by Crippen LogP contribution is -2.44. The van der Waals surface area contributed by atoms with Crippen molar-refractivity contribution in [1.29, 1.82) is 0 Å². The average Bonchev–Trinajstić information content (AvgIpc) is 3.01. The highest BCUT2D eigenvalue weighted by Crippen LogP contribution is 2.40. The third-order valence-corrected chi connectivity index (χ3v) is 3.39. The van der Waals surface area contributed by atoms with Crippen molar-refractivity contribution in [3.63, 3.8) is 0 Å². The Kier molecular flexibility index (Phi) is 2.89. The molecule has 15 heavy (non-hydrogen) atoms. The number of rotatable bonds is 4. The second kappa shape index (κ2) is 4.03. The molecule has 0 saturated heterocycles. The minimum absolute atomic E-state index is 0.0185. The number of anilines is 1. The van der Waals surface area contributed by atoms with Gasteiger partial charge in [-0.1, -0.05) is 17.7 Å². The van der Waals surface area contributed by atoms with Gasteiger partial charge in [0, 0.05) is 22.8 Å². The van der Waals surface area contributed by atoms with Crippen LogP contribution in [0.25, 0.3) is 0 Å². The van der Waals surface area contributed by atoms with E-state index in [1.54, 1.807) is 0 Å².